The molecule has 2 aromatic rings. The fourth-order valence-electron chi connectivity index (χ4n) is 3.02. The molecule has 140 valence electrons. The van der Waals surface area contributed by atoms with Crippen LogP contribution in [0.15, 0.2) is 23.2 Å². The van der Waals surface area contributed by atoms with E-state index < -0.39 is 34.1 Å². The quantitative estimate of drug-likeness (QED) is 0.644. The van der Waals surface area contributed by atoms with Crippen molar-refractivity contribution in [2.45, 2.75) is 43.8 Å². The number of aromatic nitrogens is 1. The Morgan fingerprint density at radius 2 is 1.73 bits per heavy atom. The van der Waals surface area contributed by atoms with E-state index in [9.17, 15) is 13.2 Å². The van der Waals surface area contributed by atoms with Gasteiger partial charge in [0.15, 0.2) is 9.84 Å². The summed E-state index contributed by atoms with van der Waals surface area (Å²) >= 11 is 0. The maximum atomic E-state index is 12.3. The Bertz CT molecular complexity index is 976. The first-order valence-corrected chi connectivity index (χ1v) is 10.1. The smallest absolute Gasteiger partial charge is 0.465 e. The average molecular weight is 379 g/mol. The number of rotatable bonds is 3. The van der Waals surface area contributed by atoms with Crippen LogP contribution in [-0.4, -0.2) is 51.1 Å². The number of carbonyl (C=O) groups excluding carboxylic acids is 1. The van der Waals surface area contributed by atoms with Crippen LogP contribution < -0.4 is 5.46 Å². The van der Waals surface area contributed by atoms with Gasteiger partial charge in [0.25, 0.3) is 0 Å². The maximum absolute atomic E-state index is 12.3. The molecular formula is C17H22BNO6S. The van der Waals surface area contributed by atoms with E-state index in [2.05, 4.69) is 4.98 Å². The van der Waals surface area contributed by atoms with Gasteiger partial charge in [-0.25, -0.2) is 13.2 Å². The van der Waals surface area contributed by atoms with Crippen molar-refractivity contribution in [3.05, 3.63) is 23.9 Å². The Balaban J connectivity index is 2.20. The molecule has 26 heavy (non-hydrogen) atoms. The number of aromatic amines is 1. The summed E-state index contributed by atoms with van der Waals surface area (Å²) in [5.74, 6) is -0.709. The number of hydrogen-bond acceptors (Lipinski definition) is 6. The number of H-pyrrole nitrogens is 1. The molecule has 0 bridgehead atoms. The number of hydrogen-bond donors (Lipinski definition) is 1. The van der Waals surface area contributed by atoms with Gasteiger partial charge < -0.3 is 19.0 Å². The minimum atomic E-state index is -3.68. The van der Waals surface area contributed by atoms with Gasteiger partial charge in [-0.1, -0.05) is 6.07 Å². The van der Waals surface area contributed by atoms with E-state index >= 15 is 0 Å². The van der Waals surface area contributed by atoms with Crippen LogP contribution in [0.25, 0.3) is 10.9 Å². The average Bonchev–Trinajstić information content (AvgIpc) is 3.02. The molecule has 2 heterocycles. The lowest BCUT2D eigenvalue weighted by molar-refractivity contribution is 0.00578. The molecule has 1 aliphatic rings. The normalized spacial score (nSPS) is 19.1. The summed E-state index contributed by atoms with van der Waals surface area (Å²) < 4.78 is 41.5. The molecule has 3 rings (SSSR count). The molecule has 0 atom stereocenters. The van der Waals surface area contributed by atoms with E-state index in [1.54, 1.807) is 12.3 Å². The first-order chi connectivity index (χ1) is 11.9. The van der Waals surface area contributed by atoms with E-state index in [4.69, 9.17) is 14.0 Å². The highest BCUT2D eigenvalue weighted by atomic mass is 32.2. The van der Waals surface area contributed by atoms with E-state index in [0.717, 1.165) is 6.26 Å². The van der Waals surface area contributed by atoms with E-state index in [-0.39, 0.29) is 10.5 Å². The van der Waals surface area contributed by atoms with Crippen LogP contribution in [-0.2, 0) is 23.9 Å². The maximum Gasteiger partial charge on any atom is 0.497 e. The highest BCUT2D eigenvalue weighted by Gasteiger charge is 2.52. The monoisotopic (exact) mass is 379 g/mol. The third-order valence-corrected chi connectivity index (χ3v) is 6.29. The van der Waals surface area contributed by atoms with E-state index in [1.807, 2.05) is 27.7 Å². The molecule has 7 nitrogen and oxygen atoms in total. The van der Waals surface area contributed by atoms with E-state index in [1.165, 1.54) is 13.2 Å². The molecular weight excluding hydrogens is 357 g/mol. The lowest BCUT2D eigenvalue weighted by Gasteiger charge is -2.32. The first-order valence-electron chi connectivity index (χ1n) is 8.17. The number of fused-ring (bicyclic) bond motifs is 1. The fourth-order valence-corrected chi connectivity index (χ4v) is 4.11. The van der Waals surface area contributed by atoms with Gasteiger partial charge in [0, 0.05) is 23.3 Å². The third-order valence-electron chi connectivity index (χ3n) is 5.12. The van der Waals surface area contributed by atoms with Gasteiger partial charge in [-0.05, 0) is 33.8 Å². The van der Waals surface area contributed by atoms with Gasteiger partial charge in [-0.15, -0.1) is 0 Å². The van der Waals surface area contributed by atoms with Crippen LogP contribution in [0.5, 0.6) is 0 Å². The zero-order chi connectivity index (χ0) is 19.5. The predicted octanol–water partition coefficient (Wildman–Crippen LogP) is 1.66. The topological polar surface area (TPSA) is 94.7 Å². The molecule has 1 aromatic heterocycles. The van der Waals surface area contributed by atoms with Crippen molar-refractivity contribution in [2.75, 3.05) is 13.4 Å². The molecule has 1 aromatic carbocycles. The molecule has 0 aliphatic carbocycles. The number of ether oxygens (including phenoxy) is 1. The molecule has 0 amide bonds. The van der Waals surface area contributed by atoms with Crippen molar-refractivity contribution in [3.63, 3.8) is 0 Å². The molecule has 9 heteroatoms. The molecule has 0 unspecified atom stereocenters. The largest absolute Gasteiger partial charge is 0.497 e. The minimum absolute atomic E-state index is 0.00943. The van der Waals surface area contributed by atoms with E-state index in [0.29, 0.717) is 16.4 Å². The highest BCUT2D eigenvalue weighted by molar-refractivity contribution is 7.91. The zero-order valence-electron chi connectivity index (χ0n) is 15.7. The number of carbonyl (C=O) groups is 1. The second-order valence-electron chi connectivity index (χ2n) is 7.46. The number of nitrogens with one attached hydrogen (secondary N) is 1. The fraction of sp³-hybridized carbons (Fsp3) is 0.471. The molecule has 1 aliphatic heterocycles. The molecule has 0 saturated carbocycles. The molecule has 1 fully saturated rings. The van der Waals surface area contributed by atoms with Crippen LogP contribution in [0, 0.1) is 0 Å². The zero-order valence-corrected chi connectivity index (χ0v) is 16.5. The van der Waals surface area contributed by atoms with Crippen molar-refractivity contribution >= 4 is 39.3 Å². The van der Waals surface area contributed by atoms with Crippen LogP contribution >= 0.6 is 0 Å². The Morgan fingerprint density at radius 3 is 2.23 bits per heavy atom. The Hall–Kier alpha value is -1.84. The third kappa shape index (κ3) is 2.84. The predicted molar refractivity (Wildman–Crippen MR) is 98.5 cm³/mol. The minimum Gasteiger partial charge on any atom is -0.465 e. The number of sulfone groups is 1. The Morgan fingerprint density at radius 1 is 1.15 bits per heavy atom. The standard InChI is InChI=1S/C17H22BNO6S/c1-16(2)17(3,4)25-18(24-16)12-9-19-13-10(12)7-8-11(15(20)23-5)14(13)26(6,21)22/h7-9,19H,1-6H3. The molecule has 0 spiro atoms. The number of esters is 1. The van der Waals surface area contributed by atoms with Gasteiger partial charge >= 0.3 is 13.1 Å². The summed E-state index contributed by atoms with van der Waals surface area (Å²) in [5, 5.41) is 0.622. The van der Waals surface area contributed by atoms with Gasteiger partial charge in [-0.3, -0.25) is 0 Å². The van der Waals surface area contributed by atoms with Gasteiger partial charge in [-0.2, -0.15) is 0 Å². The summed E-state index contributed by atoms with van der Waals surface area (Å²) in [7, 11) is -3.12. The first kappa shape index (κ1) is 18.9. The summed E-state index contributed by atoms with van der Waals surface area (Å²) in [5.41, 5.74) is -0.0374. The van der Waals surface area contributed by atoms with Crippen molar-refractivity contribution < 1.29 is 27.3 Å². The van der Waals surface area contributed by atoms with Gasteiger partial charge in [0.1, 0.15) is 4.90 Å². The molecule has 0 radical (unpaired) electrons. The van der Waals surface area contributed by atoms with Crippen molar-refractivity contribution in [3.8, 4) is 0 Å². The van der Waals surface area contributed by atoms with Crippen LogP contribution in [0.1, 0.15) is 38.1 Å². The lowest BCUT2D eigenvalue weighted by atomic mass is 9.79. The Labute approximate surface area is 153 Å². The lowest BCUT2D eigenvalue weighted by Crippen LogP contribution is -2.41. The molecule has 1 N–H and O–H groups in total. The van der Waals surface area contributed by atoms with Crippen LogP contribution in [0.3, 0.4) is 0 Å². The second-order valence-corrected chi connectivity index (χ2v) is 9.41. The SMILES string of the molecule is COC(=O)c1ccc2c(B3OC(C)(C)C(C)(C)O3)c[nH]c2c1S(C)(=O)=O. The summed E-state index contributed by atoms with van der Waals surface area (Å²) in [4.78, 5) is 14.9. The van der Waals surface area contributed by atoms with Crippen LogP contribution in [0.2, 0.25) is 0 Å². The van der Waals surface area contributed by atoms with Crippen molar-refractivity contribution in [2.24, 2.45) is 0 Å². The van der Waals surface area contributed by atoms with Crippen LogP contribution in [0.4, 0.5) is 0 Å². The van der Waals surface area contributed by atoms with Crippen molar-refractivity contribution in [1.29, 1.82) is 0 Å². The van der Waals surface area contributed by atoms with Gasteiger partial charge in [0.05, 0.1) is 29.4 Å². The second kappa shape index (κ2) is 5.83. The summed E-state index contributed by atoms with van der Waals surface area (Å²) in [6, 6.07) is 3.13. The van der Waals surface area contributed by atoms with Gasteiger partial charge in [0.2, 0.25) is 0 Å². The number of benzene rings is 1. The summed E-state index contributed by atoms with van der Waals surface area (Å²) in [6.45, 7) is 7.77. The molecule has 1 saturated heterocycles. The number of methoxy groups -OCH3 is 1. The Kier molecular flexibility index (Phi) is 4.25. The summed E-state index contributed by atoms with van der Waals surface area (Å²) in [6.07, 6.45) is 2.71. The van der Waals surface area contributed by atoms with Crippen molar-refractivity contribution in [1.82, 2.24) is 4.98 Å². The highest BCUT2D eigenvalue weighted by Crippen LogP contribution is 2.37.